The molecule has 0 unspecified atom stereocenters. The fourth-order valence-electron chi connectivity index (χ4n) is 2.68. The number of piperazine rings is 1. The van der Waals surface area contributed by atoms with Gasteiger partial charge in [-0.3, -0.25) is 9.59 Å². The highest BCUT2D eigenvalue weighted by molar-refractivity contribution is 5.88. The van der Waals surface area contributed by atoms with Crippen molar-refractivity contribution in [3.63, 3.8) is 0 Å². The van der Waals surface area contributed by atoms with Gasteiger partial charge in [0, 0.05) is 31.6 Å². The minimum Gasteiger partial charge on any atom is -0.478 e. The molecule has 0 spiro atoms. The second kappa shape index (κ2) is 7.03. The van der Waals surface area contributed by atoms with Gasteiger partial charge in [0.15, 0.2) is 0 Å². The lowest BCUT2D eigenvalue weighted by atomic mass is 9.94. The van der Waals surface area contributed by atoms with Gasteiger partial charge in [0.1, 0.15) is 0 Å². The number of hydrogen-bond donors (Lipinski definition) is 1. The van der Waals surface area contributed by atoms with Crippen LogP contribution in [0.3, 0.4) is 0 Å². The lowest BCUT2D eigenvalue weighted by molar-refractivity contribution is -0.144. The molecular formula is C18H24N2O4. The summed E-state index contributed by atoms with van der Waals surface area (Å²) in [6, 6.07) is 6.34. The van der Waals surface area contributed by atoms with Crippen LogP contribution in [0.15, 0.2) is 24.3 Å². The van der Waals surface area contributed by atoms with Crippen LogP contribution in [0.25, 0.3) is 0 Å². The SMILES string of the molecule is CC(C)(C)C(=O)N1CCN(C(=O)Cc2ccc(C(=O)O)cc2)CC1. The van der Waals surface area contributed by atoms with Gasteiger partial charge >= 0.3 is 5.97 Å². The van der Waals surface area contributed by atoms with Gasteiger partial charge in [-0.2, -0.15) is 0 Å². The minimum absolute atomic E-state index is 0.000864. The van der Waals surface area contributed by atoms with E-state index in [2.05, 4.69) is 0 Å². The van der Waals surface area contributed by atoms with E-state index in [-0.39, 0.29) is 23.8 Å². The molecule has 0 radical (unpaired) electrons. The number of aromatic carboxylic acids is 1. The van der Waals surface area contributed by atoms with E-state index >= 15 is 0 Å². The first-order chi connectivity index (χ1) is 11.2. The van der Waals surface area contributed by atoms with Crippen molar-refractivity contribution in [1.82, 2.24) is 9.80 Å². The largest absolute Gasteiger partial charge is 0.478 e. The van der Waals surface area contributed by atoms with E-state index in [1.807, 2.05) is 25.7 Å². The maximum absolute atomic E-state index is 12.4. The van der Waals surface area contributed by atoms with Gasteiger partial charge in [-0.15, -0.1) is 0 Å². The van der Waals surface area contributed by atoms with Gasteiger partial charge in [-0.1, -0.05) is 32.9 Å². The van der Waals surface area contributed by atoms with Gasteiger partial charge in [-0.05, 0) is 17.7 Å². The Morgan fingerprint density at radius 1 is 0.958 bits per heavy atom. The predicted octanol–water partition coefficient (Wildman–Crippen LogP) is 1.64. The standard InChI is InChI=1S/C18H24N2O4/c1-18(2,3)17(24)20-10-8-19(9-11-20)15(21)12-13-4-6-14(7-5-13)16(22)23/h4-7H,8-12H2,1-3H3,(H,22,23). The highest BCUT2D eigenvalue weighted by atomic mass is 16.4. The molecule has 0 aliphatic carbocycles. The van der Waals surface area contributed by atoms with Crippen LogP contribution < -0.4 is 0 Å². The van der Waals surface area contributed by atoms with Crippen LogP contribution in [-0.2, 0) is 16.0 Å². The van der Waals surface area contributed by atoms with Gasteiger partial charge in [0.2, 0.25) is 11.8 Å². The van der Waals surface area contributed by atoms with Gasteiger partial charge in [-0.25, -0.2) is 4.79 Å². The van der Waals surface area contributed by atoms with E-state index in [4.69, 9.17) is 5.11 Å². The van der Waals surface area contributed by atoms with Crippen LogP contribution in [0.4, 0.5) is 0 Å². The van der Waals surface area contributed by atoms with Crippen LogP contribution in [-0.4, -0.2) is 58.9 Å². The molecule has 0 saturated carbocycles. The molecule has 1 aromatic carbocycles. The zero-order valence-electron chi connectivity index (χ0n) is 14.4. The minimum atomic E-state index is -0.979. The van der Waals surface area contributed by atoms with Crippen molar-refractivity contribution in [2.45, 2.75) is 27.2 Å². The van der Waals surface area contributed by atoms with Crippen LogP contribution >= 0.6 is 0 Å². The fourth-order valence-corrected chi connectivity index (χ4v) is 2.68. The molecule has 1 N–H and O–H groups in total. The Balaban J connectivity index is 1.89. The van der Waals surface area contributed by atoms with Gasteiger partial charge in [0.25, 0.3) is 0 Å². The lowest BCUT2D eigenvalue weighted by Gasteiger charge is -2.37. The topological polar surface area (TPSA) is 77.9 Å². The number of nitrogens with zero attached hydrogens (tertiary/aromatic N) is 2. The Kier molecular flexibility index (Phi) is 5.26. The van der Waals surface area contributed by atoms with Gasteiger partial charge in [0.05, 0.1) is 12.0 Å². The van der Waals surface area contributed by atoms with E-state index in [0.29, 0.717) is 26.2 Å². The number of amides is 2. The molecule has 2 amide bonds. The predicted molar refractivity (Wildman–Crippen MR) is 89.7 cm³/mol. The summed E-state index contributed by atoms with van der Waals surface area (Å²) in [7, 11) is 0. The molecule has 1 heterocycles. The first kappa shape index (κ1) is 18.0. The molecule has 1 aliphatic heterocycles. The Morgan fingerprint density at radius 2 is 1.46 bits per heavy atom. The van der Waals surface area contributed by atoms with Crippen LogP contribution in [0, 0.1) is 5.41 Å². The van der Waals surface area contributed by atoms with Crippen LogP contribution in [0.2, 0.25) is 0 Å². The second-order valence-electron chi connectivity index (χ2n) is 7.10. The number of carbonyl (C=O) groups is 3. The quantitative estimate of drug-likeness (QED) is 0.913. The molecule has 0 bridgehead atoms. The van der Waals surface area contributed by atoms with Crippen LogP contribution in [0.1, 0.15) is 36.7 Å². The third-order valence-corrected chi connectivity index (χ3v) is 4.12. The van der Waals surface area contributed by atoms with E-state index in [1.165, 1.54) is 12.1 Å². The van der Waals surface area contributed by atoms with Crippen molar-refractivity contribution in [1.29, 1.82) is 0 Å². The smallest absolute Gasteiger partial charge is 0.335 e. The third kappa shape index (κ3) is 4.34. The molecule has 6 heteroatoms. The Bertz CT molecular complexity index is 623. The molecular weight excluding hydrogens is 308 g/mol. The normalized spacial score (nSPS) is 15.3. The number of benzene rings is 1. The summed E-state index contributed by atoms with van der Waals surface area (Å²) >= 11 is 0. The maximum Gasteiger partial charge on any atom is 0.335 e. The molecule has 2 rings (SSSR count). The van der Waals surface area contributed by atoms with Crippen molar-refractivity contribution < 1.29 is 19.5 Å². The van der Waals surface area contributed by atoms with Crippen molar-refractivity contribution in [2.24, 2.45) is 5.41 Å². The molecule has 1 aromatic rings. The monoisotopic (exact) mass is 332 g/mol. The number of carbonyl (C=O) groups excluding carboxylic acids is 2. The molecule has 6 nitrogen and oxygen atoms in total. The molecule has 0 aromatic heterocycles. The first-order valence-corrected chi connectivity index (χ1v) is 8.08. The molecule has 1 aliphatic rings. The number of carboxylic acids is 1. The van der Waals surface area contributed by atoms with E-state index in [9.17, 15) is 14.4 Å². The number of hydrogen-bond acceptors (Lipinski definition) is 3. The summed E-state index contributed by atoms with van der Waals surface area (Å²) in [5.41, 5.74) is 0.594. The maximum atomic E-state index is 12.4. The van der Waals surface area contributed by atoms with Crippen molar-refractivity contribution in [3.05, 3.63) is 35.4 Å². The average Bonchev–Trinajstić information content (AvgIpc) is 2.54. The summed E-state index contributed by atoms with van der Waals surface area (Å²) in [6.45, 7) is 7.87. The highest BCUT2D eigenvalue weighted by Crippen LogP contribution is 2.19. The van der Waals surface area contributed by atoms with Gasteiger partial charge < -0.3 is 14.9 Å². The van der Waals surface area contributed by atoms with E-state index in [1.54, 1.807) is 17.0 Å². The number of rotatable bonds is 3. The third-order valence-electron chi connectivity index (χ3n) is 4.12. The average molecular weight is 332 g/mol. The first-order valence-electron chi connectivity index (χ1n) is 8.08. The van der Waals surface area contributed by atoms with E-state index < -0.39 is 11.4 Å². The lowest BCUT2D eigenvalue weighted by Crippen LogP contribution is -2.53. The Morgan fingerprint density at radius 3 is 1.92 bits per heavy atom. The number of carboxylic acid groups (broad SMARTS) is 1. The summed E-state index contributed by atoms with van der Waals surface area (Å²) in [4.78, 5) is 39.0. The zero-order valence-corrected chi connectivity index (χ0v) is 14.4. The van der Waals surface area contributed by atoms with Crippen LogP contribution in [0.5, 0.6) is 0 Å². The Hall–Kier alpha value is -2.37. The molecule has 1 fully saturated rings. The summed E-state index contributed by atoms with van der Waals surface area (Å²) in [5.74, 6) is -0.868. The molecule has 130 valence electrons. The van der Waals surface area contributed by atoms with Crippen molar-refractivity contribution in [2.75, 3.05) is 26.2 Å². The summed E-state index contributed by atoms with van der Waals surface area (Å²) in [6.07, 6.45) is 0.243. The van der Waals surface area contributed by atoms with Crippen molar-refractivity contribution in [3.8, 4) is 0 Å². The molecule has 1 saturated heterocycles. The fraction of sp³-hybridized carbons (Fsp3) is 0.500. The molecule has 24 heavy (non-hydrogen) atoms. The summed E-state index contributed by atoms with van der Waals surface area (Å²) < 4.78 is 0. The second-order valence-corrected chi connectivity index (χ2v) is 7.10. The highest BCUT2D eigenvalue weighted by Gasteiger charge is 2.30. The Labute approximate surface area is 142 Å². The summed E-state index contributed by atoms with van der Waals surface area (Å²) in [5, 5.41) is 8.88. The van der Waals surface area contributed by atoms with Crippen molar-refractivity contribution >= 4 is 17.8 Å². The van der Waals surface area contributed by atoms with E-state index in [0.717, 1.165) is 5.56 Å². The zero-order chi connectivity index (χ0) is 17.9. The molecule has 0 atom stereocenters.